The minimum atomic E-state index is -3.63. The predicted octanol–water partition coefficient (Wildman–Crippen LogP) is 4.06. The number of rotatable bonds is 6. The van der Waals surface area contributed by atoms with Crippen LogP contribution in [0.3, 0.4) is 0 Å². The highest BCUT2D eigenvalue weighted by Crippen LogP contribution is 2.31. The average Bonchev–Trinajstić information content (AvgIpc) is 2.69. The molecule has 1 N–H and O–H groups in total. The molecule has 3 rings (SSSR count). The van der Waals surface area contributed by atoms with Gasteiger partial charge in [-0.05, 0) is 66.9 Å². The Morgan fingerprint density at radius 3 is 2.55 bits per heavy atom. The predicted molar refractivity (Wildman–Crippen MR) is 115 cm³/mol. The molecule has 0 radical (unpaired) electrons. The van der Waals surface area contributed by atoms with Gasteiger partial charge in [-0.3, -0.25) is 9.78 Å². The number of carbonyl (C=O) groups excluding carboxylic acids is 1. The van der Waals surface area contributed by atoms with Crippen LogP contribution in [-0.4, -0.2) is 42.8 Å². The Kier molecular flexibility index (Phi) is 6.92. The molecule has 29 heavy (non-hydrogen) atoms. The molecular formula is C20H24BrN3O4S. The number of nitrogens with zero attached hydrogens (tertiary/aromatic N) is 2. The molecule has 156 valence electrons. The van der Waals surface area contributed by atoms with Crippen LogP contribution in [0.4, 0.5) is 5.69 Å². The van der Waals surface area contributed by atoms with Crippen molar-refractivity contribution in [2.45, 2.75) is 44.1 Å². The van der Waals surface area contributed by atoms with E-state index in [9.17, 15) is 13.2 Å². The van der Waals surface area contributed by atoms with Crippen LogP contribution in [0, 0.1) is 0 Å². The standard InChI is InChI=1S/C20H24BrN3O4S/c1-14(2)28-19-7-6-17(29(26,27)24-8-4-3-5-9-24)11-18(19)23-20(25)15-10-16(21)13-22-12-15/h6-7,10-14H,3-5,8-9H2,1-2H3,(H,23,25). The van der Waals surface area contributed by atoms with Crippen LogP contribution in [-0.2, 0) is 10.0 Å². The molecule has 1 aliphatic rings. The van der Waals surface area contributed by atoms with Crippen molar-refractivity contribution in [3.8, 4) is 5.75 Å². The lowest BCUT2D eigenvalue weighted by Crippen LogP contribution is -2.35. The number of benzene rings is 1. The van der Waals surface area contributed by atoms with Crippen LogP contribution >= 0.6 is 15.9 Å². The maximum atomic E-state index is 13.0. The second-order valence-corrected chi connectivity index (χ2v) is 9.99. The largest absolute Gasteiger partial charge is 0.489 e. The normalized spacial score (nSPS) is 15.3. The monoisotopic (exact) mass is 481 g/mol. The van der Waals surface area contributed by atoms with Gasteiger partial charge in [-0.1, -0.05) is 6.42 Å². The fourth-order valence-electron chi connectivity index (χ4n) is 3.11. The van der Waals surface area contributed by atoms with E-state index in [4.69, 9.17) is 4.74 Å². The van der Waals surface area contributed by atoms with E-state index in [1.54, 1.807) is 18.3 Å². The number of aromatic nitrogens is 1. The Bertz CT molecular complexity index is 989. The lowest BCUT2D eigenvalue weighted by molar-refractivity contribution is 0.102. The number of sulfonamides is 1. The highest BCUT2D eigenvalue weighted by Gasteiger charge is 2.27. The minimum absolute atomic E-state index is 0.136. The number of pyridine rings is 1. The van der Waals surface area contributed by atoms with E-state index in [0.29, 0.717) is 34.6 Å². The molecule has 1 aromatic heterocycles. The molecule has 2 aromatic rings. The second-order valence-electron chi connectivity index (χ2n) is 7.14. The van der Waals surface area contributed by atoms with E-state index >= 15 is 0 Å². The summed E-state index contributed by atoms with van der Waals surface area (Å²) in [7, 11) is -3.63. The average molecular weight is 482 g/mol. The number of hydrogen-bond acceptors (Lipinski definition) is 5. The first-order valence-corrected chi connectivity index (χ1v) is 11.7. The molecule has 0 aliphatic carbocycles. The molecule has 1 saturated heterocycles. The van der Waals surface area contributed by atoms with Crippen LogP contribution in [0.2, 0.25) is 0 Å². The molecule has 7 nitrogen and oxygen atoms in total. The first-order valence-electron chi connectivity index (χ1n) is 9.50. The third kappa shape index (κ3) is 5.34. The zero-order valence-electron chi connectivity index (χ0n) is 16.4. The van der Waals surface area contributed by atoms with E-state index in [1.807, 2.05) is 13.8 Å². The second kappa shape index (κ2) is 9.23. The molecule has 0 atom stereocenters. The summed E-state index contributed by atoms with van der Waals surface area (Å²) >= 11 is 3.29. The van der Waals surface area contributed by atoms with Gasteiger partial charge in [-0.25, -0.2) is 8.42 Å². The molecule has 1 aliphatic heterocycles. The summed E-state index contributed by atoms with van der Waals surface area (Å²) in [6.07, 6.45) is 5.63. The molecule has 9 heteroatoms. The summed E-state index contributed by atoms with van der Waals surface area (Å²) in [6.45, 7) is 4.75. The van der Waals surface area contributed by atoms with Crippen LogP contribution in [0.15, 0.2) is 46.0 Å². The molecule has 0 unspecified atom stereocenters. The van der Waals surface area contributed by atoms with E-state index < -0.39 is 15.9 Å². The number of amides is 1. The SMILES string of the molecule is CC(C)Oc1ccc(S(=O)(=O)N2CCCCC2)cc1NC(=O)c1cncc(Br)c1. The van der Waals surface area contributed by atoms with Crippen molar-refractivity contribution in [1.82, 2.24) is 9.29 Å². The van der Waals surface area contributed by atoms with E-state index in [2.05, 4.69) is 26.2 Å². The molecule has 1 fully saturated rings. The van der Waals surface area contributed by atoms with Crippen molar-refractivity contribution < 1.29 is 17.9 Å². The maximum Gasteiger partial charge on any atom is 0.257 e. The molecule has 0 spiro atoms. The number of ether oxygens (including phenoxy) is 1. The fourth-order valence-corrected chi connectivity index (χ4v) is 5.02. The molecule has 0 bridgehead atoms. The van der Waals surface area contributed by atoms with Gasteiger partial charge in [0.25, 0.3) is 5.91 Å². The first kappa shape index (κ1) is 21.7. The lowest BCUT2D eigenvalue weighted by Gasteiger charge is -2.26. The Morgan fingerprint density at radius 2 is 1.90 bits per heavy atom. The molecule has 2 heterocycles. The van der Waals surface area contributed by atoms with Crippen LogP contribution in [0.25, 0.3) is 0 Å². The van der Waals surface area contributed by atoms with Gasteiger partial charge < -0.3 is 10.1 Å². The third-order valence-corrected chi connectivity index (χ3v) is 6.81. The van der Waals surface area contributed by atoms with Gasteiger partial charge in [0.2, 0.25) is 10.0 Å². The van der Waals surface area contributed by atoms with E-state index in [0.717, 1.165) is 19.3 Å². The number of carbonyl (C=O) groups is 1. The van der Waals surface area contributed by atoms with E-state index in [1.165, 1.54) is 22.6 Å². The van der Waals surface area contributed by atoms with Gasteiger partial charge in [0.05, 0.1) is 22.3 Å². The van der Waals surface area contributed by atoms with Crippen molar-refractivity contribution >= 4 is 37.5 Å². The number of anilines is 1. The van der Waals surface area contributed by atoms with E-state index in [-0.39, 0.29) is 11.0 Å². The maximum absolute atomic E-state index is 13.0. The molecule has 0 saturated carbocycles. The Hall–Kier alpha value is -1.97. The summed E-state index contributed by atoms with van der Waals surface area (Å²) in [5, 5.41) is 2.77. The summed E-state index contributed by atoms with van der Waals surface area (Å²) in [4.78, 5) is 16.8. The highest BCUT2D eigenvalue weighted by molar-refractivity contribution is 9.10. The molecule has 1 aromatic carbocycles. The molecule has 1 amide bonds. The number of nitrogens with one attached hydrogen (secondary N) is 1. The zero-order valence-corrected chi connectivity index (χ0v) is 18.8. The Labute approximate surface area is 179 Å². The topological polar surface area (TPSA) is 88.6 Å². The molecular weight excluding hydrogens is 458 g/mol. The van der Waals surface area contributed by atoms with Gasteiger partial charge in [-0.2, -0.15) is 4.31 Å². The van der Waals surface area contributed by atoms with Gasteiger partial charge in [-0.15, -0.1) is 0 Å². The van der Waals surface area contributed by atoms with Crippen molar-refractivity contribution in [2.24, 2.45) is 0 Å². The Balaban J connectivity index is 1.94. The summed E-state index contributed by atoms with van der Waals surface area (Å²) < 4.78 is 34.0. The first-order chi connectivity index (χ1) is 13.8. The number of piperidine rings is 1. The summed E-state index contributed by atoms with van der Waals surface area (Å²) in [5.41, 5.74) is 0.654. The van der Waals surface area contributed by atoms with Gasteiger partial charge in [0.1, 0.15) is 5.75 Å². The summed E-state index contributed by atoms with van der Waals surface area (Å²) in [5.74, 6) is 0.00817. The van der Waals surface area contributed by atoms with Crippen LogP contribution < -0.4 is 10.1 Å². The van der Waals surface area contributed by atoms with Crippen molar-refractivity contribution in [3.05, 3.63) is 46.7 Å². The fraction of sp³-hybridized carbons (Fsp3) is 0.400. The minimum Gasteiger partial charge on any atom is -0.489 e. The van der Waals surface area contributed by atoms with Crippen molar-refractivity contribution in [3.63, 3.8) is 0 Å². The van der Waals surface area contributed by atoms with Crippen LogP contribution in [0.5, 0.6) is 5.75 Å². The number of hydrogen-bond donors (Lipinski definition) is 1. The third-order valence-electron chi connectivity index (χ3n) is 4.48. The smallest absolute Gasteiger partial charge is 0.257 e. The Morgan fingerprint density at radius 1 is 1.17 bits per heavy atom. The summed E-state index contributed by atoms with van der Waals surface area (Å²) in [6, 6.07) is 6.22. The van der Waals surface area contributed by atoms with Crippen molar-refractivity contribution in [2.75, 3.05) is 18.4 Å². The highest BCUT2D eigenvalue weighted by atomic mass is 79.9. The van der Waals surface area contributed by atoms with Gasteiger partial charge in [0.15, 0.2) is 0 Å². The van der Waals surface area contributed by atoms with Gasteiger partial charge >= 0.3 is 0 Å². The quantitative estimate of drug-likeness (QED) is 0.671. The van der Waals surface area contributed by atoms with Gasteiger partial charge in [0, 0.05) is 30.0 Å². The number of halogens is 1. The van der Waals surface area contributed by atoms with Crippen LogP contribution in [0.1, 0.15) is 43.5 Å². The zero-order chi connectivity index (χ0) is 21.0. The van der Waals surface area contributed by atoms with Crippen molar-refractivity contribution in [1.29, 1.82) is 0 Å². The lowest BCUT2D eigenvalue weighted by atomic mass is 10.2.